The van der Waals surface area contributed by atoms with Crippen molar-refractivity contribution in [2.75, 3.05) is 6.54 Å². The number of fused-ring (bicyclic) bond motifs is 1. The van der Waals surface area contributed by atoms with E-state index in [1.165, 1.54) is 0 Å². The Kier molecular flexibility index (Phi) is 0.960. The average Bonchev–Trinajstić information content (AvgIpc) is 2.33. The molecule has 0 spiro atoms. The van der Waals surface area contributed by atoms with Crippen LogP contribution in [0.3, 0.4) is 0 Å². The average molecular weight is 124 g/mol. The maximum atomic E-state index is 4.94. The molecule has 1 unspecified atom stereocenters. The Morgan fingerprint density at radius 3 is 3.56 bits per heavy atom. The lowest BCUT2D eigenvalue weighted by Gasteiger charge is -2.07. The lowest BCUT2D eigenvalue weighted by atomic mass is 10.1. The van der Waals surface area contributed by atoms with Crippen molar-refractivity contribution in [1.29, 1.82) is 0 Å². The fourth-order valence-corrected chi connectivity index (χ4v) is 1.01. The summed E-state index contributed by atoms with van der Waals surface area (Å²) in [5.41, 5.74) is 7.13. The molecule has 2 heterocycles. The van der Waals surface area contributed by atoms with E-state index in [1.54, 1.807) is 12.5 Å². The minimum atomic E-state index is 0.499. The summed E-state index contributed by atoms with van der Waals surface area (Å²) in [4.78, 5) is 0. The fourth-order valence-electron chi connectivity index (χ4n) is 1.01. The topological polar surface area (TPSA) is 33.3 Å². The van der Waals surface area contributed by atoms with Gasteiger partial charge in [-0.2, -0.15) is 0 Å². The Labute approximate surface area is 53.4 Å². The van der Waals surface area contributed by atoms with Gasteiger partial charge in [-0.1, -0.05) is 0 Å². The first-order valence-electron chi connectivity index (χ1n) is 2.98. The second-order valence-electron chi connectivity index (χ2n) is 2.15. The Balaban J connectivity index is 2.22. The van der Waals surface area contributed by atoms with Crippen molar-refractivity contribution in [2.45, 2.75) is 0 Å². The second-order valence-corrected chi connectivity index (χ2v) is 2.15. The molecule has 0 aromatic rings. The summed E-state index contributed by atoms with van der Waals surface area (Å²) < 4.78 is 4.94. The standard InChI is InChI=1S/C6H8N2O/c1-2-9-4-6-5(1)3-7-8-6/h1-2,4-5,7-8H,3H2. The van der Waals surface area contributed by atoms with E-state index >= 15 is 0 Å². The minimum Gasteiger partial charge on any atom is -0.471 e. The van der Waals surface area contributed by atoms with Gasteiger partial charge in [0.05, 0.1) is 12.0 Å². The molecular weight excluding hydrogens is 116 g/mol. The molecule has 0 saturated carbocycles. The van der Waals surface area contributed by atoms with E-state index in [2.05, 4.69) is 10.9 Å². The molecule has 2 N–H and O–H groups in total. The van der Waals surface area contributed by atoms with Gasteiger partial charge in [-0.05, 0) is 6.08 Å². The van der Waals surface area contributed by atoms with Gasteiger partial charge in [0.25, 0.3) is 0 Å². The second kappa shape index (κ2) is 1.77. The zero-order valence-electron chi connectivity index (χ0n) is 4.92. The van der Waals surface area contributed by atoms with E-state index in [4.69, 9.17) is 4.74 Å². The Hall–Kier alpha value is -0.960. The maximum Gasteiger partial charge on any atom is 0.111 e. The Bertz CT molecular complexity index is 174. The summed E-state index contributed by atoms with van der Waals surface area (Å²) in [6.45, 7) is 0.964. The number of hydrogen-bond donors (Lipinski definition) is 2. The first-order valence-corrected chi connectivity index (χ1v) is 2.98. The molecule has 0 aromatic heterocycles. The molecular formula is C6H8N2O. The van der Waals surface area contributed by atoms with Gasteiger partial charge in [0.1, 0.15) is 6.26 Å². The quantitative estimate of drug-likeness (QED) is 0.480. The number of hydrazine groups is 1. The van der Waals surface area contributed by atoms with Gasteiger partial charge in [-0.25, -0.2) is 5.43 Å². The summed E-state index contributed by atoms with van der Waals surface area (Å²) in [6, 6.07) is 0. The van der Waals surface area contributed by atoms with Crippen LogP contribution >= 0.6 is 0 Å². The van der Waals surface area contributed by atoms with Crippen molar-refractivity contribution in [1.82, 2.24) is 10.9 Å². The number of hydrogen-bond acceptors (Lipinski definition) is 3. The zero-order chi connectivity index (χ0) is 6.10. The molecule has 1 fully saturated rings. The number of rotatable bonds is 0. The van der Waals surface area contributed by atoms with Crippen LogP contribution in [0.15, 0.2) is 24.3 Å². The Morgan fingerprint density at radius 2 is 2.67 bits per heavy atom. The molecule has 2 rings (SSSR count). The molecule has 0 aromatic carbocycles. The normalized spacial score (nSPS) is 30.2. The number of ether oxygens (including phenoxy) is 1. The van der Waals surface area contributed by atoms with Gasteiger partial charge in [0.15, 0.2) is 0 Å². The van der Waals surface area contributed by atoms with Crippen molar-refractivity contribution < 1.29 is 4.74 Å². The molecule has 3 heteroatoms. The lowest BCUT2D eigenvalue weighted by Crippen LogP contribution is -2.20. The molecule has 0 amide bonds. The fraction of sp³-hybridized carbons (Fsp3) is 0.333. The van der Waals surface area contributed by atoms with Crippen LogP contribution in [0.25, 0.3) is 0 Å². The zero-order valence-corrected chi connectivity index (χ0v) is 4.92. The molecule has 1 saturated heterocycles. The van der Waals surface area contributed by atoms with Crippen LogP contribution in [0.1, 0.15) is 0 Å². The van der Waals surface area contributed by atoms with Crippen LogP contribution in [0.5, 0.6) is 0 Å². The highest BCUT2D eigenvalue weighted by Crippen LogP contribution is 2.16. The van der Waals surface area contributed by atoms with Gasteiger partial charge in [0.2, 0.25) is 0 Å². The van der Waals surface area contributed by atoms with Gasteiger partial charge in [-0.15, -0.1) is 0 Å². The molecule has 2 aliphatic heterocycles. The molecule has 2 aliphatic rings. The summed E-state index contributed by atoms with van der Waals surface area (Å²) in [6.07, 6.45) is 5.47. The van der Waals surface area contributed by atoms with Gasteiger partial charge in [0, 0.05) is 12.5 Å². The van der Waals surface area contributed by atoms with Crippen molar-refractivity contribution in [2.24, 2.45) is 5.92 Å². The predicted molar refractivity (Wildman–Crippen MR) is 32.9 cm³/mol. The largest absolute Gasteiger partial charge is 0.471 e. The third-order valence-corrected chi connectivity index (χ3v) is 1.54. The summed E-state index contributed by atoms with van der Waals surface area (Å²) in [5.74, 6) is 0.499. The predicted octanol–water partition coefficient (Wildman–Crippen LogP) is 0.0957. The highest BCUT2D eigenvalue weighted by atomic mass is 16.5. The Morgan fingerprint density at radius 1 is 1.67 bits per heavy atom. The van der Waals surface area contributed by atoms with Crippen LogP contribution in [0, 0.1) is 5.92 Å². The van der Waals surface area contributed by atoms with Gasteiger partial charge >= 0.3 is 0 Å². The summed E-state index contributed by atoms with van der Waals surface area (Å²) in [5, 5.41) is 0. The SMILES string of the molecule is C1=CC2CNNC2=CO1. The van der Waals surface area contributed by atoms with Crippen molar-refractivity contribution in [3.63, 3.8) is 0 Å². The monoisotopic (exact) mass is 124 g/mol. The lowest BCUT2D eigenvalue weighted by molar-refractivity contribution is 0.377. The van der Waals surface area contributed by atoms with Crippen molar-refractivity contribution in [3.8, 4) is 0 Å². The summed E-state index contributed by atoms with van der Waals surface area (Å²) >= 11 is 0. The highest BCUT2D eigenvalue weighted by molar-refractivity contribution is 5.15. The molecule has 0 radical (unpaired) electrons. The van der Waals surface area contributed by atoms with Crippen molar-refractivity contribution >= 4 is 0 Å². The van der Waals surface area contributed by atoms with E-state index < -0.39 is 0 Å². The van der Waals surface area contributed by atoms with Crippen LogP contribution in [-0.2, 0) is 4.74 Å². The smallest absolute Gasteiger partial charge is 0.111 e. The van der Waals surface area contributed by atoms with E-state index in [0.29, 0.717) is 5.92 Å². The maximum absolute atomic E-state index is 4.94. The van der Waals surface area contributed by atoms with Crippen LogP contribution in [-0.4, -0.2) is 6.54 Å². The van der Waals surface area contributed by atoms with E-state index in [0.717, 1.165) is 12.2 Å². The van der Waals surface area contributed by atoms with Crippen LogP contribution in [0.2, 0.25) is 0 Å². The van der Waals surface area contributed by atoms with Gasteiger partial charge in [-0.3, -0.25) is 0 Å². The first kappa shape index (κ1) is 4.88. The molecule has 9 heavy (non-hydrogen) atoms. The number of nitrogens with one attached hydrogen (secondary N) is 2. The van der Waals surface area contributed by atoms with Crippen LogP contribution in [0.4, 0.5) is 0 Å². The van der Waals surface area contributed by atoms with Crippen LogP contribution < -0.4 is 10.9 Å². The highest BCUT2D eigenvalue weighted by Gasteiger charge is 2.19. The first-order chi connectivity index (χ1) is 4.47. The van der Waals surface area contributed by atoms with Crippen molar-refractivity contribution in [3.05, 3.63) is 24.3 Å². The van der Waals surface area contributed by atoms with E-state index in [9.17, 15) is 0 Å². The van der Waals surface area contributed by atoms with E-state index in [1.807, 2.05) is 6.08 Å². The third-order valence-electron chi connectivity index (χ3n) is 1.54. The summed E-state index contributed by atoms with van der Waals surface area (Å²) in [7, 11) is 0. The van der Waals surface area contributed by atoms with E-state index in [-0.39, 0.29) is 0 Å². The molecule has 0 bridgehead atoms. The molecule has 1 atom stereocenters. The third kappa shape index (κ3) is 0.695. The molecule has 48 valence electrons. The molecule has 3 nitrogen and oxygen atoms in total. The molecule has 0 aliphatic carbocycles. The van der Waals surface area contributed by atoms with Gasteiger partial charge < -0.3 is 10.2 Å². The minimum absolute atomic E-state index is 0.499.